The van der Waals surface area contributed by atoms with Crippen molar-refractivity contribution in [1.82, 2.24) is 4.90 Å². The molecule has 156 valence electrons. The van der Waals surface area contributed by atoms with Crippen LogP contribution < -0.4 is 4.74 Å². The fourth-order valence-corrected chi connectivity index (χ4v) is 4.01. The SMILES string of the molecule is Cc1ccc(COc2ccc(/C=C3\SC(=O)N(Cc4ccc(C)cc4)C3=O)cc2)cc1. The van der Waals surface area contributed by atoms with E-state index in [1.807, 2.05) is 55.5 Å². The van der Waals surface area contributed by atoms with Crippen molar-refractivity contribution in [1.29, 1.82) is 0 Å². The number of carbonyl (C=O) groups excluding carboxylic acids is 2. The molecule has 0 unspecified atom stereocenters. The van der Waals surface area contributed by atoms with Gasteiger partial charge in [-0.05, 0) is 60.5 Å². The number of rotatable bonds is 6. The van der Waals surface area contributed by atoms with Gasteiger partial charge in [-0.25, -0.2) is 0 Å². The smallest absolute Gasteiger partial charge is 0.293 e. The largest absolute Gasteiger partial charge is 0.489 e. The Morgan fingerprint density at radius 1 is 0.806 bits per heavy atom. The van der Waals surface area contributed by atoms with Crippen LogP contribution in [0.1, 0.15) is 27.8 Å². The lowest BCUT2D eigenvalue weighted by Gasteiger charge is -2.12. The lowest BCUT2D eigenvalue weighted by Crippen LogP contribution is -2.27. The van der Waals surface area contributed by atoms with Crippen LogP contribution in [0.2, 0.25) is 0 Å². The fraction of sp³-hybridized carbons (Fsp3) is 0.154. The van der Waals surface area contributed by atoms with Crippen LogP contribution in [0.4, 0.5) is 4.79 Å². The summed E-state index contributed by atoms with van der Waals surface area (Å²) < 4.78 is 5.83. The van der Waals surface area contributed by atoms with Crippen LogP contribution in [-0.2, 0) is 17.9 Å². The summed E-state index contributed by atoms with van der Waals surface area (Å²) in [4.78, 5) is 26.8. The Morgan fingerprint density at radius 2 is 1.39 bits per heavy atom. The van der Waals surface area contributed by atoms with Gasteiger partial charge < -0.3 is 4.74 Å². The van der Waals surface area contributed by atoms with Gasteiger partial charge >= 0.3 is 0 Å². The van der Waals surface area contributed by atoms with Gasteiger partial charge in [0.2, 0.25) is 0 Å². The van der Waals surface area contributed by atoms with Gasteiger partial charge in [0.1, 0.15) is 12.4 Å². The normalized spacial score (nSPS) is 15.0. The fourth-order valence-electron chi connectivity index (χ4n) is 3.17. The zero-order valence-corrected chi connectivity index (χ0v) is 18.3. The van der Waals surface area contributed by atoms with E-state index >= 15 is 0 Å². The van der Waals surface area contributed by atoms with Gasteiger partial charge in [0.25, 0.3) is 11.1 Å². The third kappa shape index (κ3) is 5.25. The molecular formula is C26H23NO3S. The molecule has 0 N–H and O–H groups in total. The standard InChI is InChI=1S/C26H23NO3S/c1-18-3-7-21(8-4-18)16-27-25(28)24(31-26(27)29)15-20-11-13-23(14-12-20)30-17-22-9-5-19(2)6-10-22/h3-15H,16-17H2,1-2H3/b24-15-. The van der Waals surface area contributed by atoms with Crippen molar-refractivity contribution in [2.24, 2.45) is 0 Å². The summed E-state index contributed by atoms with van der Waals surface area (Å²) in [5.74, 6) is 0.500. The number of amides is 2. The molecule has 1 heterocycles. The Kier molecular flexibility index (Phi) is 6.23. The Morgan fingerprint density at radius 3 is 2.00 bits per heavy atom. The lowest BCUT2D eigenvalue weighted by atomic mass is 10.1. The first-order valence-electron chi connectivity index (χ1n) is 10.1. The van der Waals surface area contributed by atoms with Crippen LogP contribution in [0.5, 0.6) is 5.75 Å². The Labute approximate surface area is 186 Å². The van der Waals surface area contributed by atoms with Gasteiger partial charge in [-0.3, -0.25) is 14.5 Å². The molecule has 1 aliphatic rings. The molecule has 4 nitrogen and oxygen atoms in total. The number of hydrogen-bond acceptors (Lipinski definition) is 4. The maximum atomic E-state index is 12.7. The van der Waals surface area contributed by atoms with Gasteiger partial charge in [-0.15, -0.1) is 0 Å². The van der Waals surface area contributed by atoms with Crippen LogP contribution in [0.15, 0.2) is 77.7 Å². The van der Waals surface area contributed by atoms with Crippen molar-refractivity contribution in [2.45, 2.75) is 27.0 Å². The van der Waals surface area contributed by atoms with Gasteiger partial charge in [0, 0.05) is 0 Å². The molecule has 0 bridgehead atoms. The molecule has 3 aromatic rings. The monoisotopic (exact) mass is 429 g/mol. The number of thioether (sulfide) groups is 1. The van der Waals surface area contributed by atoms with Crippen molar-refractivity contribution >= 4 is 29.0 Å². The van der Waals surface area contributed by atoms with Crippen LogP contribution in [0, 0.1) is 13.8 Å². The first-order chi connectivity index (χ1) is 15.0. The molecule has 0 radical (unpaired) electrons. The van der Waals surface area contributed by atoms with E-state index in [0.29, 0.717) is 11.5 Å². The van der Waals surface area contributed by atoms with E-state index in [2.05, 4.69) is 31.2 Å². The number of carbonyl (C=O) groups is 2. The third-order valence-corrected chi connectivity index (χ3v) is 5.95. The molecule has 0 saturated carbocycles. The Hall–Kier alpha value is -3.31. The summed E-state index contributed by atoms with van der Waals surface area (Å²) in [6.07, 6.45) is 1.75. The van der Waals surface area contributed by atoms with Crippen molar-refractivity contribution in [3.05, 3.63) is 106 Å². The first kappa shape index (κ1) is 20.9. The van der Waals surface area contributed by atoms with Crippen LogP contribution in [0.3, 0.4) is 0 Å². The molecule has 1 saturated heterocycles. The van der Waals surface area contributed by atoms with Crippen LogP contribution >= 0.6 is 11.8 Å². The zero-order chi connectivity index (χ0) is 21.8. The number of imide groups is 1. The molecule has 31 heavy (non-hydrogen) atoms. The quantitative estimate of drug-likeness (QED) is 0.443. The Bertz CT molecular complexity index is 1120. The average Bonchev–Trinajstić information content (AvgIpc) is 3.03. The second kappa shape index (κ2) is 9.23. The predicted octanol–water partition coefficient (Wildman–Crippen LogP) is 6.12. The number of hydrogen-bond donors (Lipinski definition) is 0. The molecular weight excluding hydrogens is 406 g/mol. The minimum absolute atomic E-state index is 0.241. The van der Waals surface area contributed by atoms with E-state index in [-0.39, 0.29) is 17.7 Å². The summed E-state index contributed by atoms with van der Waals surface area (Å²) in [7, 11) is 0. The molecule has 1 aliphatic heterocycles. The molecule has 0 spiro atoms. The summed E-state index contributed by atoms with van der Waals surface area (Å²) in [5.41, 5.74) is 5.25. The molecule has 0 aliphatic carbocycles. The highest BCUT2D eigenvalue weighted by atomic mass is 32.2. The number of nitrogens with zero attached hydrogens (tertiary/aromatic N) is 1. The number of ether oxygens (including phenoxy) is 1. The molecule has 4 rings (SSSR count). The van der Waals surface area contributed by atoms with Gasteiger partial charge in [-0.2, -0.15) is 0 Å². The topological polar surface area (TPSA) is 46.6 Å². The lowest BCUT2D eigenvalue weighted by molar-refractivity contribution is -0.123. The highest BCUT2D eigenvalue weighted by molar-refractivity contribution is 8.18. The minimum Gasteiger partial charge on any atom is -0.489 e. The van der Waals surface area contributed by atoms with E-state index in [9.17, 15) is 9.59 Å². The summed E-state index contributed by atoms with van der Waals surface area (Å²) >= 11 is 0.979. The van der Waals surface area contributed by atoms with Crippen LogP contribution in [0.25, 0.3) is 6.08 Å². The van der Waals surface area contributed by atoms with Crippen molar-refractivity contribution < 1.29 is 14.3 Å². The van der Waals surface area contributed by atoms with Crippen molar-refractivity contribution in [3.63, 3.8) is 0 Å². The number of benzene rings is 3. The second-order valence-electron chi connectivity index (χ2n) is 7.60. The molecule has 0 atom stereocenters. The molecule has 2 amide bonds. The number of aryl methyl sites for hydroxylation is 2. The predicted molar refractivity (Wildman–Crippen MR) is 125 cm³/mol. The van der Waals surface area contributed by atoms with Gasteiger partial charge in [-0.1, -0.05) is 71.8 Å². The van der Waals surface area contributed by atoms with Gasteiger partial charge in [0.05, 0.1) is 11.4 Å². The second-order valence-corrected chi connectivity index (χ2v) is 8.59. The van der Waals surface area contributed by atoms with E-state index < -0.39 is 0 Å². The summed E-state index contributed by atoms with van der Waals surface area (Å²) in [5, 5.41) is -0.241. The van der Waals surface area contributed by atoms with Crippen molar-refractivity contribution in [3.8, 4) is 5.75 Å². The highest BCUT2D eigenvalue weighted by Crippen LogP contribution is 2.33. The summed E-state index contributed by atoms with van der Waals surface area (Å²) in [6.45, 7) is 4.84. The van der Waals surface area contributed by atoms with E-state index in [0.717, 1.165) is 39.8 Å². The Balaban J connectivity index is 1.39. The van der Waals surface area contributed by atoms with E-state index in [4.69, 9.17) is 4.74 Å². The first-order valence-corrected chi connectivity index (χ1v) is 10.9. The zero-order valence-electron chi connectivity index (χ0n) is 17.5. The van der Waals surface area contributed by atoms with E-state index in [1.54, 1.807) is 6.08 Å². The van der Waals surface area contributed by atoms with Crippen molar-refractivity contribution in [2.75, 3.05) is 0 Å². The molecule has 5 heteroatoms. The van der Waals surface area contributed by atoms with Gasteiger partial charge in [0.15, 0.2) is 0 Å². The third-order valence-electron chi connectivity index (χ3n) is 5.04. The maximum absolute atomic E-state index is 12.7. The highest BCUT2D eigenvalue weighted by Gasteiger charge is 2.34. The molecule has 1 fully saturated rings. The van der Waals surface area contributed by atoms with E-state index in [1.165, 1.54) is 10.5 Å². The summed E-state index contributed by atoms with van der Waals surface area (Å²) in [6, 6.07) is 23.6. The van der Waals surface area contributed by atoms with Crippen LogP contribution in [-0.4, -0.2) is 16.0 Å². The molecule has 0 aromatic heterocycles. The average molecular weight is 430 g/mol. The maximum Gasteiger partial charge on any atom is 0.293 e. The minimum atomic E-state index is -0.254. The molecule has 3 aromatic carbocycles.